The third kappa shape index (κ3) is 5.27. The van der Waals surface area contributed by atoms with Crippen LogP contribution in [-0.4, -0.2) is 52.4 Å². The molecule has 0 aromatic heterocycles. The van der Waals surface area contributed by atoms with Gasteiger partial charge in [-0.25, -0.2) is 4.39 Å². The molecule has 1 amide bonds. The van der Waals surface area contributed by atoms with E-state index in [1.54, 1.807) is 37.4 Å². The van der Waals surface area contributed by atoms with Gasteiger partial charge in [-0.05, 0) is 30.2 Å². The van der Waals surface area contributed by atoms with Gasteiger partial charge in [0.1, 0.15) is 5.84 Å². The second kappa shape index (κ2) is 10.0. The van der Waals surface area contributed by atoms with E-state index >= 15 is 0 Å². The number of allylic oxidation sites excluding steroid dienone is 3. The molecule has 0 radical (unpaired) electrons. The van der Waals surface area contributed by atoms with Crippen LogP contribution < -0.4 is 11.5 Å². The molecule has 0 saturated heterocycles. The number of rotatable bonds is 7. The summed E-state index contributed by atoms with van der Waals surface area (Å²) in [5.74, 6) is -3.16. The zero-order chi connectivity index (χ0) is 24.1. The highest BCUT2D eigenvalue weighted by Gasteiger charge is 2.46. The summed E-state index contributed by atoms with van der Waals surface area (Å²) in [4.78, 5) is 34.7. The number of hydrogen-bond donors (Lipinski definition) is 4. The van der Waals surface area contributed by atoms with Gasteiger partial charge in [0.2, 0.25) is 11.5 Å². The number of carboxylic acid groups (broad SMARTS) is 1. The molecule has 0 saturated carbocycles. The number of nitrogen functional groups attached to an aromatic ring is 1. The maximum absolute atomic E-state index is 14.3. The number of hydrogen-bond acceptors (Lipinski definition) is 6. The Kier molecular flexibility index (Phi) is 7.66. The van der Waals surface area contributed by atoms with Crippen LogP contribution in [0.3, 0.4) is 0 Å². The Labute approximate surface area is 184 Å². The summed E-state index contributed by atoms with van der Waals surface area (Å²) in [6, 6.07) is 6.79. The van der Waals surface area contributed by atoms with Crippen LogP contribution in [0.5, 0.6) is 0 Å². The average Bonchev–Trinajstić information content (AvgIpc) is 3.16. The van der Waals surface area contributed by atoms with Crippen molar-refractivity contribution in [1.29, 1.82) is 5.41 Å². The van der Waals surface area contributed by atoms with Crippen molar-refractivity contribution in [3.8, 4) is 0 Å². The number of carbonyl (C=O) groups excluding carboxylic acids is 2. The standard InChI is InChI=1S/C20H21FN4O3.C2H4O2/c1-2-28-20(19(24)27,9-12-3-5-13(6-4-12)18(22)23)25-10-14-7-8-16(26)17(21)15(14)11-25;1-2(3)4/h3-8,10H,2,9,11H2,1H3,(H3,22,23)(H2,24,27);1H3,(H,3,4). The number of halogens is 1. The Hall–Kier alpha value is -3.79. The molecule has 1 aromatic carbocycles. The van der Waals surface area contributed by atoms with E-state index in [4.69, 9.17) is 31.5 Å². The molecule has 0 spiro atoms. The first kappa shape index (κ1) is 24.5. The molecule has 0 bridgehead atoms. The van der Waals surface area contributed by atoms with E-state index < -0.39 is 29.2 Å². The van der Waals surface area contributed by atoms with Crippen LogP contribution in [0.4, 0.5) is 4.39 Å². The lowest BCUT2D eigenvalue weighted by atomic mass is 9.98. The number of carbonyl (C=O) groups is 3. The molecule has 1 aliphatic carbocycles. The van der Waals surface area contributed by atoms with Crippen molar-refractivity contribution in [3.63, 3.8) is 0 Å². The smallest absolute Gasteiger partial charge is 0.300 e. The number of benzene rings is 1. The molecule has 3 rings (SSSR count). The van der Waals surface area contributed by atoms with Gasteiger partial charge in [-0.1, -0.05) is 24.3 Å². The minimum absolute atomic E-state index is 0.00822. The second-order valence-corrected chi connectivity index (χ2v) is 7.09. The first-order valence-corrected chi connectivity index (χ1v) is 9.68. The number of ketones is 1. The Morgan fingerprint density at radius 3 is 2.34 bits per heavy atom. The quantitative estimate of drug-likeness (QED) is 0.365. The first-order chi connectivity index (χ1) is 15.0. The lowest BCUT2D eigenvalue weighted by molar-refractivity contribution is -0.166. The second-order valence-electron chi connectivity index (χ2n) is 7.09. The number of primary amides is 1. The molecular formula is C22H25FN4O5. The molecule has 1 atom stereocenters. The number of nitrogens with zero attached hydrogens (tertiary/aromatic N) is 1. The number of carboxylic acids is 1. The highest BCUT2D eigenvalue weighted by atomic mass is 19.1. The lowest BCUT2D eigenvalue weighted by Gasteiger charge is -2.39. The van der Waals surface area contributed by atoms with Gasteiger partial charge >= 0.3 is 0 Å². The average molecular weight is 444 g/mol. The number of amidine groups is 1. The number of nitrogens with one attached hydrogen (secondary N) is 1. The number of nitrogens with two attached hydrogens (primary N) is 2. The summed E-state index contributed by atoms with van der Waals surface area (Å²) < 4.78 is 20.1. The van der Waals surface area contributed by atoms with E-state index in [-0.39, 0.29) is 31.0 Å². The van der Waals surface area contributed by atoms with Crippen molar-refractivity contribution < 1.29 is 28.6 Å². The SMILES string of the molecule is CC(=O)O.CCOC(Cc1ccc(C(=N)N)cc1)(C(N)=O)N1C=C2C=CC(=O)C(F)=C2C1. The number of aliphatic carboxylic acids is 1. The van der Waals surface area contributed by atoms with Crippen LogP contribution in [-0.2, 0) is 25.5 Å². The van der Waals surface area contributed by atoms with Crippen molar-refractivity contribution in [2.45, 2.75) is 26.0 Å². The summed E-state index contributed by atoms with van der Waals surface area (Å²) in [5, 5.41) is 14.9. The third-order valence-electron chi connectivity index (χ3n) is 4.81. The molecule has 10 heteroatoms. The predicted octanol–water partition coefficient (Wildman–Crippen LogP) is 1.38. The predicted molar refractivity (Wildman–Crippen MR) is 115 cm³/mol. The molecule has 32 heavy (non-hydrogen) atoms. The minimum Gasteiger partial charge on any atom is -0.481 e. The molecule has 1 heterocycles. The van der Waals surface area contributed by atoms with Crippen LogP contribution in [0, 0.1) is 5.41 Å². The van der Waals surface area contributed by atoms with Crippen molar-refractivity contribution in [3.05, 3.63) is 70.7 Å². The fourth-order valence-electron chi connectivity index (χ4n) is 3.37. The molecule has 1 aliphatic heterocycles. The monoisotopic (exact) mass is 444 g/mol. The number of amides is 1. The summed E-state index contributed by atoms with van der Waals surface area (Å²) in [6.45, 7) is 3.01. The highest BCUT2D eigenvalue weighted by Crippen LogP contribution is 2.35. The van der Waals surface area contributed by atoms with Crippen LogP contribution in [0.25, 0.3) is 0 Å². The van der Waals surface area contributed by atoms with E-state index in [0.717, 1.165) is 18.6 Å². The molecular weight excluding hydrogens is 419 g/mol. The van der Waals surface area contributed by atoms with E-state index in [1.807, 2.05) is 0 Å². The van der Waals surface area contributed by atoms with Crippen LogP contribution in [0.1, 0.15) is 25.0 Å². The normalized spacial score (nSPS) is 16.5. The molecule has 6 N–H and O–H groups in total. The van der Waals surface area contributed by atoms with Gasteiger partial charge in [0.25, 0.3) is 11.9 Å². The summed E-state index contributed by atoms with van der Waals surface area (Å²) in [6.07, 6.45) is 4.36. The Morgan fingerprint density at radius 1 is 1.25 bits per heavy atom. The van der Waals surface area contributed by atoms with E-state index in [1.165, 1.54) is 11.0 Å². The van der Waals surface area contributed by atoms with Gasteiger partial charge in [-0.2, -0.15) is 0 Å². The van der Waals surface area contributed by atoms with E-state index in [9.17, 15) is 14.0 Å². The zero-order valence-corrected chi connectivity index (χ0v) is 17.7. The zero-order valence-electron chi connectivity index (χ0n) is 17.7. The van der Waals surface area contributed by atoms with Gasteiger partial charge in [0.15, 0.2) is 5.83 Å². The van der Waals surface area contributed by atoms with Crippen LogP contribution in [0.2, 0.25) is 0 Å². The van der Waals surface area contributed by atoms with Gasteiger partial charge in [-0.15, -0.1) is 0 Å². The first-order valence-electron chi connectivity index (χ1n) is 9.68. The summed E-state index contributed by atoms with van der Waals surface area (Å²) in [5.41, 5.74) is 11.6. The van der Waals surface area contributed by atoms with E-state index in [0.29, 0.717) is 11.1 Å². The maximum Gasteiger partial charge on any atom is 0.300 e. The van der Waals surface area contributed by atoms with Gasteiger partial charge in [0.05, 0.1) is 0 Å². The molecule has 2 aliphatic rings. The largest absolute Gasteiger partial charge is 0.481 e. The highest BCUT2D eigenvalue weighted by molar-refractivity contribution is 6.05. The third-order valence-corrected chi connectivity index (χ3v) is 4.81. The number of fused-ring (bicyclic) bond motifs is 1. The fourth-order valence-corrected chi connectivity index (χ4v) is 3.37. The van der Waals surface area contributed by atoms with Gasteiger partial charge in [0, 0.05) is 43.8 Å². The minimum atomic E-state index is -1.55. The molecule has 9 nitrogen and oxygen atoms in total. The Balaban J connectivity index is 0.000000837. The van der Waals surface area contributed by atoms with Crippen molar-refractivity contribution >= 4 is 23.5 Å². The van der Waals surface area contributed by atoms with Gasteiger partial charge in [-0.3, -0.25) is 19.8 Å². The van der Waals surface area contributed by atoms with Crippen molar-refractivity contribution in [2.75, 3.05) is 13.2 Å². The van der Waals surface area contributed by atoms with E-state index in [2.05, 4.69) is 0 Å². The van der Waals surface area contributed by atoms with Crippen molar-refractivity contribution in [2.24, 2.45) is 11.5 Å². The van der Waals surface area contributed by atoms with Gasteiger partial charge < -0.3 is 26.2 Å². The lowest BCUT2D eigenvalue weighted by Crippen LogP contribution is -2.58. The molecule has 170 valence electrons. The topological polar surface area (TPSA) is 160 Å². The Bertz CT molecular complexity index is 1030. The molecule has 1 unspecified atom stereocenters. The molecule has 0 fully saturated rings. The summed E-state index contributed by atoms with van der Waals surface area (Å²) >= 11 is 0. The maximum atomic E-state index is 14.3. The Morgan fingerprint density at radius 2 is 1.84 bits per heavy atom. The number of ether oxygens (including phenoxy) is 1. The van der Waals surface area contributed by atoms with Crippen LogP contribution in [0.15, 0.2) is 59.6 Å². The van der Waals surface area contributed by atoms with Crippen molar-refractivity contribution in [1.82, 2.24) is 4.90 Å². The molecule has 1 aromatic rings. The summed E-state index contributed by atoms with van der Waals surface area (Å²) in [7, 11) is 0. The van der Waals surface area contributed by atoms with Crippen LogP contribution >= 0.6 is 0 Å². The fraction of sp³-hybridized carbons (Fsp3) is 0.273.